The highest BCUT2D eigenvalue weighted by atomic mass is 35.5. The molecule has 2 amide bonds. The summed E-state index contributed by atoms with van der Waals surface area (Å²) < 4.78 is 1.71. The van der Waals surface area contributed by atoms with Gasteiger partial charge in [0.2, 0.25) is 0 Å². The first-order chi connectivity index (χ1) is 11.8. The lowest BCUT2D eigenvalue weighted by Gasteiger charge is -2.22. The molecule has 2 N–H and O–H groups in total. The summed E-state index contributed by atoms with van der Waals surface area (Å²) in [7, 11) is 0. The third-order valence-electron chi connectivity index (χ3n) is 3.99. The second kappa shape index (κ2) is 6.52. The zero-order chi connectivity index (χ0) is 18.2. The number of carbonyl (C=O) groups is 2. The summed E-state index contributed by atoms with van der Waals surface area (Å²) >= 11 is 5.81. The van der Waals surface area contributed by atoms with E-state index in [-0.39, 0.29) is 5.54 Å². The Labute approximate surface area is 151 Å². The van der Waals surface area contributed by atoms with E-state index in [0.29, 0.717) is 22.2 Å². The largest absolute Gasteiger partial charge is 0.287 e. The van der Waals surface area contributed by atoms with Gasteiger partial charge in [0.25, 0.3) is 11.8 Å². The monoisotopic (exact) mass is 360 g/mol. The highest BCUT2D eigenvalue weighted by Gasteiger charge is 2.31. The topological polar surface area (TPSA) is 76.0 Å². The van der Waals surface area contributed by atoms with Crippen LogP contribution in [0.4, 0.5) is 0 Å². The average Bonchev–Trinajstić information content (AvgIpc) is 3.30. The average molecular weight is 361 g/mol. The SMILES string of the molecule is CC(C)(C)n1nc(C2CC2)cc1C(=O)NNC(=O)c1ccc(Cl)cc1. The van der Waals surface area contributed by atoms with Crippen molar-refractivity contribution >= 4 is 23.4 Å². The number of nitrogens with one attached hydrogen (secondary N) is 2. The third kappa shape index (κ3) is 4.02. The van der Waals surface area contributed by atoms with Gasteiger partial charge in [0.15, 0.2) is 0 Å². The van der Waals surface area contributed by atoms with Gasteiger partial charge in [0.1, 0.15) is 5.69 Å². The molecule has 2 aromatic rings. The summed E-state index contributed by atoms with van der Waals surface area (Å²) in [6.45, 7) is 5.96. The van der Waals surface area contributed by atoms with Gasteiger partial charge < -0.3 is 0 Å². The standard InChI is InChI=1S/C18H21ClN4O2/c1-18(2,3)23-15(10-14(22-23)11-4-5-11)17(25)21-20-16(24)12-6-8-13(19)9-7-12/h6-11H,4-5H2,1-3H3,(H,20,24)(H,21,25). The first-order valence-corrected chi connectivity index (χ1v) is 8.60. The molecule has 0 spiro atoms. The van der Waals surface area contributed by atoms with Crippen LogP contribution in [0.1, 0.15) is 66.1 Å². The summed E-state index contributed by atoms with van der Waals surface area (Å²) in [4.78, 5) is 24.7. The van der Waals surface area contributed by atoms with Crippen LogP contribution in [0.2, 0.25) is 5.02 Å². The number of hydrazine groups is 1. The van der Waals surface area contributed by atoms with Crippen molar-refractivity contribution in [1.29, 1.82) is 0 Å². The lowest BCUT2D eigenvalue weighted by Crippen LogP contribution is -2.43. The van der Waals surface area contributed by atoms with Crippen LogP contribution >= 0.6 is 11.6 Å². The molecule has 0 unspecified atom stereocenters. The summed E-state index contributed by atoms with van der Waals surface area (Å²) in [5, 5.41) is 5.13. The van der Waals surface area contributed by atoms with E-state index in [0.717, 1.165) is 18.5 Å². The van der Waals surface area contributed by atoms with Gasteiger partial charge in [-0.05, 0) is 63.9 Å². The maximum atomic E-state index is 12.6. The maximum absolute atomic E-state index is 12.6. The zero-order valence-electron chi connectivity index (χ0n) is 14.5. The fourth-order valence-electron chi connectivity index (χ4n) is 2.50. The Kier molecular flexibility index (Phi) is 4.56. The Balaban J connectivity index is 1.72. The fraction of sp³-hybridized carbons (Fsp3) is 0.389. The molecule has 0 atom stereocenters. The highest BCUT2D eigenvalue weighted by molar-refractivity contribution is 6.30. The van der Waals surface area contributed by atoms with E-state index in [1.807, 2.05) is 26.8 Å². The van der Waals surface area contributed by atoms with E-state index in [2.05, 4.69) is 16.0 Å². The molecule has 3 rings (SSSR count). The molecule has 0 saturated heterocycles. The Hall–Kier alpha value is -2.34. The number of hydrogen-bond acceptors (Lipinski definition) is 3. The van der Waals surface area contributed by atoms with Crippen molar-refractivity contribution in [3.8, 4) is 0 Å². The normalized spacial score (nSPS) is 14.2. The van der Waals surface area contributed by atoms with E-state index in [1.165, 1.54) is 0 Å². The molecule has 1 heterocycles. The van der Waals surface area contributed by atoms with Crippen LogP contribution in [0, 0.1) is 0 Å². The summed E-state index contributed by atoms with van der Waals surface area (Å²) in [5.74, 6) is -0.357. The minimum absolute atomic E-state index is 0.333. The molecule has 0 aliphatic heterocycles. The first kappa shape index (κ1) is 17.5. The van der Waals surface area contributed by atoms with E-state index < -0.39 is 11.8 Å². The quantitative estimate of drug-likeness (QED) is 0.825. The van der Waals surface area contributed by atoms with Crippen LogP contribution in [0.3, 0.4) is 0 Å². The molecule has 1 saturated carbocycles. The molecule has 0 bridgehead atoms. The Morgan fingerprint density at radius 2 is 1.72 bits per heavy atom. The van der Waals surface area contributed by atoms with E-state index in [1.54, 1.807) is 28.9 Å². The molecule has 1 aromatic heterocycles. The van der Waals surface area contributed by atoms with Gasteiger partial charge in [-0.25, -0.2) is 0 Å². The predicted octanol–water partition coefficient (Wildman–Crippen LogP) is 3.24. The number of hydrogen-bond donors (Lipinski definition) is 2. The molecular weight excluding hydrogens is 340 g/mol. The van der Waals surface area contributed by atoms with Crippen molar-refractivity contribution < 1.29 is 9.59 Å². The van der Waals surface area contributed by atoms with Gasteiger partial charge in [0, 0.05) is 16.5 Å². The van der Waals surface area contributed by atoms with Gasteiger partial charge in [-0.3, -0.25) is 25.1 Å². The molecule has 1 aliphatic rings. The van der Waals surface area contributed by atoms with Crippen LogP contribution in [0.25, 0.3) is 0 Å². The van der Waals surface area contributed by atoms with Crippen LogP contribution < -0.4 is 10.9 Å². The molecule has 132 valence electrons. The van der Waals surface area contributed by atoms with Crippen LogP contribution in [-0.4, -0.2) is 21.6 Å². The van der Waals surface area contributed by atoms with Crippen molar-refractivity contribution in [3.05, 3.63) is 52.3 Å². The number of aromatic nitrogens is 2. The van der Waals surface area contributed by atoms with Gasteiger partial charge in [-0.2, -0.15) is 5.10 Å². The van der Waals surface area contributed by atoms with Crippen molar-refractivity contribution in [1.82, 2.24) is 20.6 Å². The second-order valence-corrected chi connectivity index (χ2v) is 7.66. The number of rotatable bonds is 3. The lowest BCUT2D eigenvalue weighted by atomic mass is 10.1. The fourth-order valence-corrected chi connectivity index (χ4v) is 2.63. The van der Waals surface area contributed by atoms with Crippen LogP contribution in [-0.2, 0) is 5.54 Å². The molecule has 1 fully saturated rings. The van der Waals surface area contributed by atoms with Crippen molar-refractivity contribution in [2.24, 2.45) is 0 Å². The molecule has 1 aliphatic carbocycles. The Bertz CT molecular complexity index is 801. The van der Waals surface area contributed by atoms with Gasteiger partial charge >= 0.3 is 0 Å². The minimum atomic E-state index is -0.408. The van der Waals surface area contributed by atoms with Crippen molar-refractivity contribution in [3.63, 3.8) is 0 Å². The smallest absolute Gasteiger partial charge is 0.267 e. The van der Waals surface area contributed by atoms with Crippen LogP contribution in [0.15, 0.2) is 30.3 Å². The van der Waals surface area contributed by atoms with Crippen LogP contribution in [0.5, 0.6) is 0 Å². The van der Waals surface area contributed by atoms with Gasteiger partial charge in [-0.15, -0.1) is 0 Å². The van der Waals surface area contributed by atoms with E-state index in [9.17, 15) is 9.59 Å². The Morgan fingerprint density at radius 3 is 2.28 bits per heavy atom. The van der Waals surface area contributed by atoms with Gasteiger partial charge in [-0.1, -0.05) is 11.6 Å². The lowest BCUT2D eigenvalue weighted by molar-refractivity contribution is 0.0836. The molecule has 6 nitrogen and oxygen atoms in total. The Morgan fingerprint density at radius 1 is 1.12 bits per heavy atom. The number of amides is 2. The van der Waals surface area contributed by atoms with E-state index in [4.69, 9.17) is 11.6 Å². The summed E-state index contributed by atoms with van der Waals surface area (Å²) in [6.07, 6.45) is 2.21. The minimum Gasteiger partial charge on any atom is -0.267 e. The third-order valence-corrected chi connectivity index (χ3v) is 4.24. The second-order valence-electron chi connectivity index (χ2n) is 7.23. The maximum Gasteiger partial charge on any atom is 0.287 e. The number of carbonyl (C=O) groups excluding carboxylic acids is 2. The highest BCUT2D eigenvalue weighted by Crippen LogP contribution is 2.40. The van der Waals surface area contributed by atoms with Crippen molar-refractivity contribution in [2.75, 3.05) is 0 Å². The first-order valence-electron chi connectivity index (χ1n) is 8.22. The number of nitrogens with zero attached hydrogens (tertiary/aromatic N) is 2. The zero-order valence-corrected chi connectivity index (χ0v) is 15.2. The molecular formula is C18H21ClN4O2. The number of halogens is 1. The number of benzene rings is 1. The molecule has 7 heteroatoms. The predicted molar refractivity (Wildman–Crippen MR) is 95.6 cm³/mol. The molecule has 25 heavy (non-hydrogen) atoms. The van der Waals surface area contributed by atoms with E-state index >= 15 is 0 Å². The van der Waals surface area contributed by atoms with Gasteiger partial charge in [0.05, 0.1) is 11.2 Å². The summed E-state index contributed by atoms with van der Waals surface area (Å²) in [6, 6.07) is 8.24. The molecule has 0 radical (unpaired) electrons. The molecule has 1 aromatic carbocycles. The summed E-state index contributed by atoms with van der Waals surface area (Å²) in [5.41, 5.74) is 6.34. The van der Waals surface area contributed by atoms with Crippen molar-refractivity contribution in [2.45, 2.75) is 45.1 Å².